The van der Waals surface area contributed by atoms with Crippen LogP contribution >= 0.6 is 0 Å². The molecular formula is C16H18N3O. The topological polar surface area (TPSA) is 45.2 Å². The second-order valence-corrected chi connectivity index (χ2v) is 4.29. The van der Waals surface area contributed by atoms with Crippen molar-refractivity contribution in [3.8, 4) is 0 Å². The van der Waals surface area contributed by atoms with Gasteiger partial charge in [-0.05, 0) is 44.2 Å². The van der Waals surface area contributed by atoms with E-state index in [2.05, 4.69) is 21.3 Å². The molecule has 4 nitrogen and oxygen atoms in total. The summed E-state index contributed by atoms with van der Waals surface area (Å²) in [6.07, 6.45) is 1.71. The van der Waals surface area contributed by atoms with Gasteiger partial charge in [0.25, 0.3) is 5.91 Å². The van der Waals surface area contributed by atoms with Crippen molar-refractivity contribution >= 4 is 17.4 Å². The van der Waals surface area contributed by atoms with Crippen LogP contribution in [0.1, 0.15) is 24.2 Å². The Labute approximate surface area is 119 Å². The fourth-order valence-corrected chi connectivity index (χ4v) is 2.02. The van der Waals surface area contributed by atoms with Gasteiger partial charge in [0.1, 0.15) is 5.82 Å². The molecule has 103 valence electrons. The van der Waals surface area contributed by atoms with Crippen molar-refractivity contribution in [1.82, 2.24) is 4.98 Å². The number of hydrogen-bond acceptors (Lipinski definition) is 3. The Morgan fingerprint density at radius 3 is 2.60 bits per heavy atom. The molecule has 0 unspecified atom stereocenters. The number of benzene rings is 1. The van der Waals surface area contributed by atoms with E-state index in [0.717, 1.165) is 24.6 Å². The van der Waals surface area contributed by atoms with Crippen LogP contribution in [0.15, 0.2) is 42.6 Å². The molecule has 1 aromatic heterocycles. The minimum atomic E-state index is -0.147. The van der Waals surface area contributed by atoms with Crippen molar-refractivity contribution in [3.63, 3.8) is 0 Å². The summed E-state index contributed by atoms with van der Waals surface area (Å²) in [6, 6.07) is 13.7. The number of hydrogen-bond donors (Lipinski definition) is 1. The number of pyridine rings is 1. The zero-order valence-electron chi connectivity index (χ0n) is 11.8. The zero-order valence-corrected chi connectivity index (χ0v) is 11.8. The van der Waals surface area contributed by atoms with Crippen molar-refractivity contribution in [2.45, 2.75) is 13.8 Å². The van der Waals surface area contributed by atoms with E-state index in [-0.39, 0.29) is 5.91 Å². The van der Waals surface area contributed by atoms with Crippen molar-refractivity contribution in [2.75, 3.05) is 23.3 Å². The number of aromatic nitrogens is 1. The normalized spacial score (nSPS) is 10.1. The van der Waals surface area contributed by atoms with Gasteiger partial charge in [-0.3, -0.25) is 4.79 Å². The molecule has 0 aliphatic rings. The van der Waals surface area contributed by atoms with Crippen LogP contribution in [0.5, 0.6) is 0 Å². The highest BCUT2D eigenvalue weighted by molar-refractivity contribution is 6.07. The van der Waals surface area contributed by atoms with Crippen LogP contribution in [-0.4, -0.2) is 24.0 Å². The standard InChI is InChI=1S/C16H18N3O/c1-3-19(4-2)15-14(11-8-12-17-15)16(20)18-13-9-6-5-7-10-13/h6-12H,3-4H2,1-2H3,(H,18,20). The van der Waals surface area contributed by atoms with E-state index in [1.807, 2.05) is 26.0 Å². The summed E-state index contributed by atoms with van der Waals surface area (Å²) >= 11 is 0. The first-order valence-electron chi connectivity index (χ1n) is 6.73. The summed E-state index contributed by atoms with van der Waals surface area (Å²) in [7, 11) is 0. The number of carbonyl (C=O) groups excluding carboxylic acids is 1. The third-order valence-corrected chi connectivity index (χ3v) is 3.07. The Morgan fingerprint density at radius 1 is 1.25 bits per heavy atom. The summed E-state index contributed by atoms with van der Waals surface area (Å²) in [4.78, 5) is 18.8. The molecule has 1 radical (unpaired) electrons. The van der Waals surface area contributed by atoms with Crippen LogP contribution in [0, 0.1) is 6.07 Å². The summed E-state index contributed by atoms with van der Waals surface area (Å²) in [5.41, 5.74) is 1.34. The van der Waals surface area contributed by atoms with E-state index < -0.39 is 0 Å². The summed E-state index contributed by atoms with van der Waals surface area (Å²) in [5, 5.41) is 2.88. The molecular weight excluding hydrogens is 250 g/mol. The SMILES string of the molecule is CCN(CC)c1ncccc1C(=O)Nc1cc[c]cc1. The van der Waals surface area contributed by atoms with E-state index in [1.165, 1.54) is 0 Å². The van der Waals surface area contributed by atoms with Gasteiger partial charge in [0.2, 0.25) is 0 Å². The molecule has 1 heterocycles. The quantitative estimate of drug-likeness (QED) is 0.906. The highest BCUT2D eigenvalue weighted by Gasteiger charge is 2.15. The average molecular weight is 268 g/mol. The number of nitrogens with zero attached hydrogens (tertiary/aromatic N) is 2. The lowest BCUT2D eigenvalue weighted by molar-refractivity contribution is 0.102. The summed E-state index contributed by atoms with van der Waals surface area (Å²) in [6.45, 7) is 5.72. The number of anilines is 2. The van der Waals surface area contributed by atoms with Gasteiger partial charge in [-0.2, -0.15) is 0 Å². The third-order valence-electron chi connectivity index (χ3n) is 3.07. The molecule has 2 aromatic rings. The maximum absolute atomic E-state index is 12.4. The van der Waals surface area contributed by atoms with Gasteiger partial charge in [-0.1, -0.05) is 12.1 Å². The van der Waals surface area contributed by atoms with E-state index in [4.69, 9.17) is 0 Å². The van der Waals surface area contributed by atoms with Gasteiger partial charge in [0.15, 0.2) is 0 Å². The summed E-state index contributed by atoms with van der Waals surface area (Å²) < 4.78 is 0. The Morgan fingerprint density at radius 2 is 1.95 bits per heavy atom. The molecule has 0 aliphatic carbocycles. The molecule has 1 N–H and O–H groups in total. The van der Waals surface area contributed by atoms with Crippen LogP contribution < -0.4 is 10.2 Å². The Balaban J connectivity index is 2.26. The molecule has 0 saturated carbocycles. The van der Waals surface area contributed by atoms with Crippen molar-refractivity contribution in [3.05, 3.63) is 54.2 Å². The molecule has 4 heteroatoms. The Bertz CT molecular complexity index is 565. The maximum atomic E-state index is 12.4. The van der Waals surface area contributed by atoms with Crippen molar-refractivity contribution in [2.24, 2.45) is 0 Å². The number of nitrogens with one attached hydrogen (secondary N) is 1. The second-order valence-electron chi connectivity index (χ2n) is 4.29. The van der Waals surface area contributed by atoms with Crippen molar-refractivity contribution < 1.29 is 4.79 Å². The molecule has 1 aromatic carbocycles. The lowest BCUT2D eigenvalue weighted by Crippen LogP contribution is -2.26. The van der Waals surface area contributed by atoms with E-state index in [9.17, 15) is 4.79 Å². The predicted molar refractivity (Wildman–Crippen MR) is 81.0 cm³/mol. The summed E-state index contributed by atoms with van der Waals surface area (Å²) in [5.74, 6) is 0.573. The smallest absolute Gasteiger partial charge is 0.259 e. The van der Waals surface area contributed by atoms with Crippen molar-refractivity contribution in [1.29, 1.82) is 0 Å². The van der Waals surface area contributed by atoms with Gasteiger partial charge in [-0.15, -0.1) is 0 Å². The monoisotopic (exact) mass is 268 g/mol. The van der Waals surface area contributed by atoms with E-state index in [0.29, 0.717) is 5.56 Å². The number of carbonyl (C=O) groups is 1. The Hall–Kier alpha value is -2.36. The lowest BCUT2D eigenvalue weighted by Gasteiger charge is -2.22. The fraction of sp³-hybridized carbons (Fsp3) is 0.250. The van der Waals surface area contributed by atoms with Gasteiger partial charge in [-0.25, -0.2) is 4.98 Å². The molecule has 2 rings (SSSR count). The number of rotatable bonds is 5. The zero-order chi connectivity index (χ0) is 14.4. The molecule has 0 bridgehead atoms. The maximum Gasteiger partial charge on any atom is 0.259 e. The van der Waals surface area contributed by atoms with Crippen LogP contribution in [0.3, 0.4) is 0 Å². The van der Waals surface area contributed by atoms with Gasteiger partial charge in [0, 0.05) is 25.0 Å². The van der Waals surface area contributed by atoms with Crippen LogP contribution in [0.25, 0.3) is 0 Å². The van der Waals surface area contributed by atoms with E-state index >= 15 is 0 Å². The van der Waals surface area contributed by atoms with Crippen LogP contribution in [0.2, 0.25) is 0 Å². The highest BCUT2D eigenvalue weighted by atomic mass is 16.1. The molecule has 0 fully saturated rings. The van der Waals surface area contributed by atoms with Gasteiger partial charge in [0.05, 0.1) is 5.56 Å². The second kappa shape index (κ2) is 6.70. The molecule has 20 heavy (non-hydrogen) atoms. The van der Waals surface area contributed by atoms with Crippen LogP contribution in [0.4, 0.5) is 11.5 Å². The molecule has 0 saturated heterocycles. The fourth-order valence-electron chi connectivity index (χ4n) is 2.02. The lowest BCUT2D eigenvalue weighted by atomic mass is 10.2. The average Bonchev–Trinajstić information content (AvgIpc) is 2.50. The minimum absolute atomic E-state index is 0.147. The third kappa shape index (κ3) is 3.15. The predicted octanol–water partition coefficient (Wildman–Crippen LogP) is 2.98. The van der Waals surface area contributed by atoms with Gasteiger partial charge >= 0.3 is 0 Å². The number of amides is 1. The first kappa shape index (κ1) is 14.1. The Kier molecular flexibility index (Phi) is 4.71. The molecule has 0 aliphatic heterocycles. The first-order chi connectivity index (χ1) is 9.76. The first-order valence-corrected chi connectivity index (χ1v) is 6.73. The highest BCUT2D eigenvalue weighted by Crippen LogP contribution is 2.18. The van der Waals surface area contributed by atoms with Gasteiger partial charge < -0.3 is 10.2 Å². The minimum Gasteiger partial charge on any atom is -0.357 e. The van der Waals surface area contributed by atoms with E-state index in [1.54, 1.807) is 30.5 Å². The largest absolute Gasteiger partial charge is 0.357 e. The molecule has 1 amide bonds. The van der Waals surface area contributed by atoms with Crippen LogP contribution in [-0.2, 0) is 0 Å². The molecule has 0 spiro atoms. The molecule has 0 atom stereocenters.